The van der Waals surface area contributed by atoms with Crippen molar-refractivity contribution in [2.75, 3.05) is 19.7 Å². The quantitative estimate of drug-likeness (QED) is 0.583. The Morgan fingerprint density at radius 1 is 1.27 bits per heavy atom. The third-order valence-electron chi connectivity index (χ3n) is 5.33. The molecule has 3 heterocycles. The Morgan fingerprint density at radius 3 is 2.87 bits per heavy atom. The number of carbonyl (C=O) groups is 1. The summed E-state index contributed by atoms with van der Waals surface area (Å²) in [5.74, 6) is 1.67. The predicted octanol–water partition coefficient (Wildman–Crippen LogP) is 3.53. The third kappa shape index (κ3) is 4.34. The summed E-state index contributed by atoms with van der Waals surface area (Å²) < 4.78 is 7.57. The molecule has 0 aliphatic carbocycles. The minimum atomic E-state index is 0.0660. The Kier molecular flexibility index (Phi) is 6.06. The zero-order valence-electron chi connectivity index (χ0n) is 17.8. The van der Waals surface area contributed by atoms with Crippen LogP contribution in [0.1, 0.15) is 41.2 Å². The summed E-state index contributed by atoms with van der Waals surface area (Å²) >= 11 is 1.52. The molecule has 0 bridgehead atoms. The SMILES string of the molecule is Cc1cc(C)n2nc(SCc3ccccc3C(=O)N3CCO[C@H](C(C)C)C3)nc2n1. The van der Waals surface area contributed by atoms with Crippen LogP contribution in [0.15, 0.2) is 35.5 Å². The molecular formula is C22H27N5O2S. The summed E-state index contributed by atoms with van der Waals surface area (Å²) in [4.78, 5) is 24.1. The van der Waals surface area contributed by atoms with Gasteiger partial charge in [0.05, 0.1) is 12.7 Å². The van der Waals surface area contributed by atoms with E-state index in [2.05, 4.69) is 28.9 Å². The van der Waals surface area contributed by atoms with E-state index in [9.17, 15) is 4.79 Å². The van der Waals surface area contributed by atoms with Crippen molar-refractivity contribution in [1.82, 2.24) is 24.5 Å². The molecule has 8 heteroatoms. The van der Waals surface area contributed by atoms with E-state index in [1.165, 1.54) is 11.8 Å². The molecule has 1 amide bonds. The van der Waals surface area contributed by atoms with Crippen LogP contribution < -0.4 is 0 Å². The highest BCUT2D eigenvalue weighted by Gasteiger charge is 2.27. The number of hydrogen-bond acceptors (Lipinski definition) is 6. The number of morpholine rings is 1. The van der Waals surface area contributed by atoms with E-state index < -0.39 is 0 Å². The Labute approximate surface area is 180 Å². The van der Waals surface area contributed by atoms with Gasteiger partial charge in [-0.25, -0.2) is 9.50 Å². The van der Waals surface area contributed by atoms with Crippen LogP contribution in [0.2, 0.25) is 0 Å². The fourth-order valence-electron chi connectivity index (χ4n) is 3.64. The Hall–Kier alpha value is -2.45. The minimum absolute atomic E-state index is 0.0660. The average Bonchev–Trinajstić information content (AvgIpc) is 3.15. The first-order valence-electron chi connectivity index (χ1n) is 10.2. The topological polar surface area (TPSA) is 72.6 Å². The second-order valence-electron chi connectivity index (χ2n) is 8.00. The van der Waals surface area contributed by atoms with Crippen LogP contribution in [0.25, 0.3) is 5.78 Å². The molecule has 7 nitrogen and oxygen atoms in total. The van der Waals surface area contributed by atoms with Crippen LogP contribution in [0.4, 0.5) is 0 Å². The molecule has 0 saturated carbocycles. The zero-order chi connectivity index (χ0) is 21.3. The minimum Gasteiger partial charge on any atom is -0.374 e. The van der Waals surface area contributed by atoms with Gasteiger partial charge < -0.3 is 9.64 Å². The lowest BCUT2D eigenvalue weighted by Gasteiger charge is -2.35. The summed E-state index contributed by atoms with van der Waals surface area (Å²) in [5, 5.41) is 5.21. The lowest BCUT2D eigenvalue weighted by molar-refractivity contribution is -0.0421. The number of benzene rings is 1. The first-order valence-corrected chi connectivity index (χ1v) is 11.2. The van der Waals surface area contributed by atoms with Crippen molar-refractivity contribution < 1.29 is 9.53 Å². The summed E-state index contributed by atoms with van der Waals surface area (Å²) in [6, 6.07) is 9.78. The molecule has 0 radical (unpaired) electrons. The fourth-order valence-corrected chi connectivity index (χ4v) is 4.46. The van der Waals surface area contributed by atoms with Gasteiger partial charge in [-0.3, -0.25) is 4.79 Å². The van der Waals surface area contributed by atoms with Gasteiger partial charge in [-0.1, -0.05) is 43.8 Å². The maximum atomic E-state index is 13.2. The zero-order valence-corrected chi connectivity index (χ0v) is 18.6. The van der Waals surface area contributed by atoms with E-state index in [1.807, 2.05) is 49.1 Å². The van der Waals surface area contributed by atoms with Crippen LogP contribution in [0, 0.1) is 19.8 Å². The van der Waals surface area contributed by atoms with Gasteiger partial charge in [0.2, 0.25) is 5.16 Å². The number of carbonyl (C=O) groups excluding carboxylic acids is 1. The van der Waals surface area contributed by atoms with Crippen molar-refractivity contribution in [1.29, 1.82) is 0 Å². The van der Waals surface area contributed by atoms with Gasteiger partial charge in [-0.15, -0.1) is 5.10 Å². The smallest absolute Gasteiger partial charge is 0.254 e. The summed E-state index contributed by atoms with van der Waals surface area (Å²) in [5.41, 5.74) is 3.65. The molecule has 4 rings (SSSR count). The van der Waals surface area contributed by atoms with Crippen molar-refractivity contribution in [3.8, 4) is 0 Å². The van der Waals surface area contributed by atoms with Crippen LogP contribution >= 0.6 is 11.8 Å². The van der Waals surface area contributed by atoms with Crippen LogP contribution in [-0.4, -0.2) is 56.2 Å². The Bertz CT molecular complexity index is 1060. The summed E-state index contributed by atoms with van der Waals surface area (Å²) in [6.45, 7) is 10.0. The number of rotatable bonds is 5. The standard InChI is InChI=1S/C22H27N5O2S/c1-14(2)19-12-26(9-10-29-19)20(28)18-8-6-5-7-17(18)13-30-22-24-21-23-15(3)11-16(4)27(21)25-22/h5-8,11,14,19H,9-10,12-13H2,1-4H3/t19-/m0/s1. The van der Waals surface area contributed by atoms with E-state index in [1.54, 1.807) is 4.52 Å². The molecular weight excluding hydrogens is 398 g/mol. The summed E-state index contributed by atoms with van der Waals surface area (Å²) in [6.07, 6.45) is 0.0885. The van der Waals surface area contributed by atoms with Gasteiger partial charge in [-0.05, 0) is 37.5 Å². The van der Waals surface area contributed by atoms with Gasteiger partial charge in [0.15, 0.2) is 0 Å². The van der Waals surface area contributed by atoms with Crippen molar-refractivity contribution in [3.05, 3.63) is 52.8 Å². The van der Waals surface area contributed by atoms with Gasteiger partial charge >= 0.3 is 0 Å². The van der Waals surface area contributed by atoms with Crippen LogP contribution in [0.3, 0.4) is 0 Å². The number of ether oxygens (including phenoxy) is 1. The average molecular weight is 426 g/mol. The molecule has 1 aromatic carbocycles. The third-order valence-corrected chi connectivity index (χ3v) is 6.21. The van der Waals surface area contributed by atoms with Crippen molar-refractivity contribution >= 4 is 23.4 Å². The second-order valence-corrected chi connectivity index (χ2v) is 8.94. The highest BCUT2D eigenvalue weighted by Crippen LogP contribution is 2.24. The van der Waals surface area contributed by atoms with Crippen molar-refractivity contribution in [2.24, 2.45) is 5.92 Å². The van der Waals surface area contributed by atoms with Gasteiger partial charge in [0.25, 0.3) is 11.7 Å². The van der Waals surface area contributed by atoms with E-state index >= 15 is 0 Å². The maximum Gasteiger partial charge on any atom is 0.254 e. The molecule has 0 spiro atoms. The molecule has 0 N–H and O–H groups in total. The van der Waals surface area contributed by atoms with E-state index in [-0.39, 0.29) is 12.0 Å². The number of thioether (sulfide) groups is 1. The molecule has 0 unspecified atom stereocenters. The highest BCUT2D eigenvalue weighted by molar-refractivity contribution is 7.98. The van der Waals surface area contributed by atoms with Crippen molar-refractivity contribution in [2.45, 2.75) is 44.7 Å². The largest absolute Gasteiger partial charge is 0.374 e. The molecule has 158 valence electrons. The molecule has 1 aliphatic rings. The number of fused-ring (bicyclic) bond motifs is 1. The van der Waals surface area contributed by atoms with Gasteiger partial charge in [0, 0.05) is 35.8 Å². The molecule has 3 aromatic rings. The molecule has 1 fully saturated rings. The van der Waals surface area contributed by atoms with E-state index in [0.29, 0.717) is 42.3 Å². The number of aromatic nitrogens is 4. The number of nitrogens with zero attached hydrogens (tertiary/aromatic N) is 5. The van der Waals surface area contributed by atoms with Crippen LogP contribution in [0.5, 0.6) is 0 Å². The van der Waals surface area contributed by atoms with Gasteiger partial charge in [-0.2, -0.15) is 4.98 Å². The van der Waals surface area contributed by atoms with Gasteiger partial charge in [0.1, 0.15) is 0 Å². The molecule has 1 atom stereocenters. The number of hydrogen-bond donors (Lipinski definition) is 0. The predicted molar refractivity (Wildman–Crippen MR) is 117 cm³/mol. The molecule has 1 saturated heterocycles. The fraction of sp³-hybridized carbons (Fsp3) is 0.455. The van der Waals surface area contributed by atoms with Crippen LogP contribution in [-0.2, 0) is 10.5 Å². The molecule has 30 heavy (non-hydrogen) atoms. The molecule has 2 aromatic heterocycles. The maximum absolute atomic E-state index is 13.2. The lowest BCUT2D eigenvalue weighted by atomic mass is 10.0. The number of amides is 1. The normalized spacial score (nSPS) is 17.1. The van der Waals surface area contributed by atoms with E-state index in [0.717, 1.165) is 22.5 Å². The highest BCUT2D eigenvalue weighted by atomic mass is 32.2. The second kappa shape index (κ2) is 8.73. The first-order chi connectivity index (χ1) is 14.4. The van der Waals surface area contributed by atoms with Crippen molar-refractivity contribution in [3.63, 3.8) is 0 Å². The molecule has 1 aliphatic heterocycles. The monoisotopic (exact) mass is 425 g/mol. The Balaban J connectivity index is 1.51. The Morgan fingerprint density at radius 2 is 2.07 bits per heavy atom. The number of aryl methyl sites for hydroxylation is 2. The van der Waals surface area contributed by atoms with E-state index in [4.69, 9.17) is 4.74 Å². The first kappa shape index (κ1) is 20.8. The lowest BCUT2D eigenvalue weighted by Crippen LogP contribution is -2.47. The summed E-state index contributed by atoms with van der Waals surface area (Å²) in [7, 11) is 0.